The van der Waals surface area contributed by atoms with Gasteiger partial charge >= 0.3 is 5.97 Å². The Balaban J connectivity index is 0.000000178. The van der Waals surface area contributed by atoms with Crippen LogP contribution in [-0.4, -0.2) is 67.9 Å². The van der Waals surface area contributed by atoms with Crippen LogP contribution < -0.4 is 20.5 Å². The van der Waals surface area contributed by atoms with E-state index in [0.717, 1.165) is 46.7 Å². The lowest BCUT2D eigenvalue weighted by Crippen LogP contribution is -2.23. The molecule has 0 atom stereocenters. The number of carbonyl (C=O) groups is 2. The standard InChI is InChI=1S/C26H21F2N5O2.C18H14F2N2O3.C8H9N3.ClH/c1-15(2)35-26-24(17-4-6-19(27)20(28)11-17)31-22-12-18(5-7-21(22)32-26)25(34)30-13-16-3-8-23-29-9-10-33(23)14-16;1-9(2)25-17-16(10-3-5-12(19)13(20)7-10)21-15-8-11(18(23)24)4-6-14(15)22-17;9-5-7-1-2-8-10-3-4-11(8)6-7;/h3-12,14-15H,13H2,1-2H3,(H,30,34);3-9H,1-2H3,(H,23,24);1-4,6H,5,9H2;1H. The van der Waals surface area contributed by atoms with Gasteiger partial charge in [0.2, 0.25) is 11.8 Å². The number of nitrogens with two attached hydrogens (primary N) is 1. The number of fused-ring (bicyclic) bond motifs is 4. The van der Waals surface area contributed by atoms with Crippen LogP contribution in [0.1, 0.15) is 59.5 Å². The molecule has 368 valence electrons. The van der Waals surface area contributed by atoms with Crippen LogP contribution in [0, 0.1) is 23.3 Å². The fraction of sp³-hybridized carbons (Fsp3) is 0.154. The maximum atomic E-state index is 13.9. The lowest BCUT2D eigenvalue weighted by Gasteiger charge is -2.14. The van der Waals surface area contributed by atoms with Crippen molar-refractivity contribution in [3.63, 3.8) is 0 Å². The zero-order chi connectivity index (χ0) is 50.3. The lowest BCUT2D eigenvalue weighted by molar-refractivity contribution is 0.0696. The molecule has 0 aliphatic heterocycles. The van der Waals surface area contributed by atoms with E-state index in [0.29, 0.717) is 46.3 Å². The smallest absolute Gasteiger partial charge is 0.335 e. The third kappa shape index (κ3) is 12.1. The van der Waals surface area contributed by atoms with Crippen LogP contribution in [0.3, 0.4) is 0 Å². The van der Waals surface area contributed by atoms with E-state index in [9.17, 15) is 27.2 Å². The van der Waals surface area contributed by atoms with Crippen molar-refractivity contribution >= 4 is 57.6 Å². The number of aromatic nitrogens is 8. The number of ether oxygens (including phenoxy) is 2. The summed E-state index contributed by atoms with van der Waals surface area (Å²) < 4.78 is 69.5. The highest BCUT2D eigenvalue weighted by Gasteiger charge is 2.19. The van der Waals surface area contributed by atoms with E-state index in [-0.39, 0.29) is 64.8 Å². The number of hydrogen-bond donors (Lipinski definition) is 3. The number of imidazole rings is 2. The van der Waals surface area contributed by atoms with Crippen LogP contribution in [0.2, 0.25) is 0 Å². The number of carbonyl (C=O) groups excluding carboxylic acids is 1. The molecule has 1 amide bonds. The van der Waals surface area contributed by atoms with Gasteiger partial charge in [-0.25, -0.2) is 52.3 Å². The summed E-state index contributed by atoms with van der Waals surface area (Å²) in [5.74, 6) is -4.97. The van der Waals surface area contributed by atoms with E-state index in [1.54, 1.807) is 44.4 Å². The highest BCUT2D eigenvalue weighted by molar-refractivity contribution is 5.97. The molecule has 0 aliphatic rings. The average molecular weight is 1000 g/mol. The van der Waals surface area contributed by atoms with Gasteiger partial charge in [0.15, 0.2) is 23.3 Å². The molecule has 4 N–H and O–H groups in total. The summed E-state index contributed by atoms with van der Waals surface area (Å²) in [6, 6.07) is 23.8. The number of nitrogens with one attached hydrogen (secondary N) is 1. The van der Waals surface area contributed by atoms with E-state index in [1.807, 2.05) is 71.7 Å². The first-order valence-electron chi connectivity index (χ1n) is 22.0. The lowest BCUT2D eigenvalue weighted by atomic mass is 10.1. The molecule has 4 aromatic carbocycles. The second-order valence-corrected chi connectivity index (χ2v) is 16.4. The highest BCUT2D eigenvalue weighted by Crippen LogP contribution is 2.32. The quantitative estimate of drug-likeness (QED) is 0.104. The number of carboxylic acids is 1. The molecule has 0 unspecified atom stereocenters. The Morgan fingerprint density at radius 3 is 1.54 bits per heavy atom. The van der Waals surface area contributed by atoms with Crippen LogP contribution in [0.25, 0.3) is 55.9 Å². The van der Waals surface area contributed by atoms with Gasteiger partial charge < -0.3 is 34.4 Å². The monoisotopic (exact) mass is 1000 g/mol. The molecule has 0 fully saturated rings. The number of benzene rings is 4. The van der Waals surface area contributed by atoms with E-state index in [2.05, 4.69) is 35.2 Å². The van der Waals surface area contributed by atoms with Crippen LogP contribution in [0.5, 0.6) is 11.8 Å². The summed E-state index contributed by atoms with van der Waals surface area (Å²) in [5, 5.41) is 12.0. The second kappa shape index (κ2) is 22.5. The average Bonchev–Trinajstić information content (AvgIpc) is 4.04. The Kier molecular flexibility index (Phi) is 16.0. The maximum absolute atomic E-state index is 13.9. The fourth-order valence-electron chi connectivity index (χ4n) is 7.07. The predicted octanol–water partition coefficient (Wildman–Crippen LogP) is 10.2. The van der Waals surface area contributed by atoms with Gasteiger partial charge in [-0.05, 0) is 124 Å². The SMILES string of the molecule is CC(C)Oc1nc2ccc(C(=O)NCc3ccc4nccn4c3)cc2nc1-c1ccc(F)c(F)c1.CC(C)Oc1nc2ccc(C(=O)O)cc2nc1-c1ccc(F)c(F)c1.Cl.NCc1ccc2nccn2c1. The minimum Gasteiger partial charge on any atom is -0.478 e. The van der Waals surface area contributed by atoms with Gasteiger partial charge in [-0.1, -0.05) is 12.1 Å². The van der Waals surface area contributed by atoms with Crippen LogP contribution >= 0.6 is 12.4 Å². The Morgan fingerprint density at radius 1 is 0.597 bits per heavy atom. The maximum Gasteiger partial charge on any atom is 0.335 e. The largest absolute Gasteiger partial charge is 0.478 e. The minimum atomic E-state index is -1.10. The van der Waals surface area contributed by atoms with Crippen molar-refractivity contribution in [3.8, 4) is 34.3 Å². The van der Waals surface area contributed by atoms with Crippen LogP contribution in [-0.2, 0) is 13.1 Å². The first-order valence-corrected chi connectivity index (χ1v) is 22.0. The molecule has 0 saturated heterocycles. The Bertz CT molecular complexity index is 3590. The molecule has 0 radical (unpaired) electrons. The molecule has 10 aromatic rings. The van der Waals surface area contributed by atoms with Gasteiger partial charge in [0, 0.05) is 67.0 Å². The van der Waals surface area contributed by atoms with Crippen molar-refractivity contribution in [2.75, 3.05) is 0 Å². The molecule has 72 heavy (non-hydrogen) atoms. The van der Waals surface area contributed by atoms with Crippen molar-refractivity contribution in [1.29, 1.82) is 0 Å². The predicted molar refractivity (Wildman–Crippen MR) is 265 cm³/mol. The van der Waals surface area contributed by atoms with Crippen molar-refractivity contribution in [2.24, 2.45) is 5.73 Å². The van der Waals surface area contributed by atoms with Gasteiger partial charge in [0.25, 0.3) is 5.91 Å². The number of nitrogens with zero attached hydrogens (tertiary/aromatic N) is 8. The Morgan fingerprint density at radius 2 is 1.07 bits per heavy atom. The molecular weight excluding hydrogens is 956 g/mol. The Labute approximate surface area is 414 Å². The number of aromatic carboxylic acids is 1. The van der Waals surface area contributed by atoms with Crippen molar-refractivity contribution in [2.45, 2.75) is 53.0 Å². The zero-order valence-electron chi connectivity index (χ0n) is 38.9. The minimum absolute atomic E-state index is 0. The number of amides is 1. The van der Waals surface area contributed by atoms with Crippen molar-refractivity contribution in [1.82, 2.24) is 44.0 Å². The number of hydrogen-bond acceptors (Lipinski definition) is 11. The van der Waals surface area contributed by atoms with Crippen LogP contribution in [0.15, 0.2) is 134 Å². The molecule has 0 spiro atoms. The van der Waals surface area contributed by atoms with Gasteiger partial charge in [0.1, 0.15) is 22.7 Å². The van der Waals surface area contributed by atoms with E-state index in [4.69, 9.17) is 20.3 Å². The molecule has 0 saturated carbocycles. The topological polar surface area (TPSA) is 197 Å². The summed E-state index contributed by atoms with van der Waals surface area (Å²) in [6.07, 6.45) is 10.7. The van der Waals surface area contributed by atoms with Crippen LogP contribution in [0.4, 0.5) is 17.6 Å². The van der Waals surface area contributed by atoms with Crippen molar-refractivity contribution < 1.29 is 41.7 Å². The van der Waals surface area contributed by atoms with E-state index >= 15 is 0 Å². The van der Waals surface area contributed by atoms with Gasteiger partial charge in [-0.3, -0.25) is 4.79 Å². The molecule has 10 rings (SSSR count). The fourth-order valence-corrected chi connectivity index (χ4v) is 7.07. The number of carboxylic acid groups (broad SMARTS) is 1. The molecule has 15 nitrogen and oxygen atoms in total. The first-order chi connectivity index (χ1) is 34.1. The van der Waals surface area contributed by atoms with Crippen molar-refractivity contribution in [3.05, 3.63) is 180 Å². The molecule has 20 heteroatoms. The number of halogens is 5. The Hall–Kier alpha value is -8.55. The summed E-state index contributed by atoms with van der Waals surface area (Å²) in [4.78, 5) is 50.1. The summed E-state index contributed by atoms with van der Waals surface area (Å²) >= 11 is 0. The highest BCUT2D eigenvalue weighted by atomic mass is 35.5. The third-order valence-corrected chi connectivity index (χ3v) is 10.4. The van der Waals surface area contributed by atoms with Gasteiger partial charge in [-0.15, -0.1) is 12.4 Å². The number of rotatable bonds is 11. The zero-order valence-corrected chi connectivity index (χ0v) is 39.7. The second-order valence-electron chi connectivity index (χ2n) is 16.4. The summed E-state index contributed by atoms with van der Waals surface area (Å²) in [5.41, 5.74) is 12.5. The molecule has 0 aliphatic carbocycles. The molecular formula is C52H45ClF4N10O5. The molecule has 0 bridgehead atoms. The van der Waals surface area contributed by atoms with E-state index < -0.39 is 29.2 Å². The summed E-state index contributed by atoms with van der Waals surface area (Å²) in [7, 11) is 0. The first kappa shape index (κ1) is 51.3. The normalized spacial score (nSPS) is 11.0. The molecule has 6 heterocycles. The third-order valence-electron chi connectivity index (χ3n) is 10.4. The summed E-state index contributed by atoms with van der Waals surface area (Å²) in [6.45, 7) is 8.17. The van der Waals surface area contributed by atoms with Gasteiger partial charge in [0.05, 0.1) is 39.8 Å². The van der Waals surface area contributed by atoms with E-state index in [1.165, 1.54) is 30.3 Å². The van der Waals surface area contributed by atoms with Gasteiger partial charge in [-0.2, -0.15) is 0 Å². The number of pyridine rings is 2. The molecule has 6 aromatic heterocycles.